The number of carbonyl (C=O) groups excluding carboxylic acids is 5. The van der Waals surface area contributed by atoms with Crippen molar-refractivity contribution in [2.75, 3.05) is 13.1 Å². The van der Waals surface area contributed by atoms with Gasteiger partial charge in [-0.3, -0.25) is 24.0 Å². The van der Waals surface area contributed by atoms with Crippen molar-refractivity contribution in [3.05, 3.63) is 112 Å². The summed E-state index contributed by atoms with van der Waals surface area (Å²) in [4.78, 5) is 66.0. The maximum absolute atomic E-state index is 13.9. The molecular weight excluding hydrogens is 1010 g/mol. The van der Waals surface area contributed by atoms with Gasteiger partial charge in [0.15, 0.2) is 5.78 Å². The SMILES string of the molecule is CC(C)C(=O)N1CCCC1[B]O.CCCC(=O)c1ccc(CNC(Cc2ccc(OS(=O)(=O)F)cc2)C(=O)NC(CCCCN)C(=O)NCc2ccc(C(=O)NC(C)C(C)=C3CCC3)cc2)cc1.CCCCCCC(C)[B]O. The Morgan fingerprint density at radius 2 is 1.37 bits per heavy atom. The topological polar surface area (TPSA) is 247 Å². The Morgan fingerprint density at radius 3 is 1.92 bits per heavy atom. The molecule has 8 N–H and O–H groups in total. The highest BCUT2D eigenvalue weighted by molar-refractivity contribution is 7.81. The van der Waals surface area contributed by atoms with E-state index >= 15 is 0 Å². The molecule has 1 saturated heterocycles. The number of carbonyl (C=O) groups is 5. The third-order valence-electron chi connectivity index (χ3n) is 14.0. The lowest BCUT2D eigenvalue weighted by Crippen LogP contribution is -2.53. The van der Waals surface area contributed by atoms with E-state index < -0.39 is 28.5 Å². The highest BCUT2D eigenvalue weighted by atomic mass is 32.3. The summed E-state index contributed by atoms with van der Waals surface area (Å²) < 4.78 is 39.2. The molecule has 3 aromatic rings. The molecule has 4 amide bonds. The summed E-state index contributed by atoms with van der Waals surface area (Å²) in [5.41, 5.74) is 11.7. The number of ketones is 1. The van der Waals surface area contributed by atoms with E-state index in [1.165, 1.54) is 75.0 Å². The Labute approximate surface area is 466 Å². The lowest BCUT2D eigenvalue weighted by Gasteiger charge is -2.24. The molecule has 2 fully saturated rings. The molecule has 2 radical (unpaired) electrons. The second-order valence-electron chi connectivity index (χ2n) is 20.7. The molecule has 78 heavy (non-hydrogen) atoms. The van der Waals surface area contributed by atoms with Gasteiger partial charge in [-0.2, -0.15) is 8.42 Å². The third-order valence-corrected chi connectivity index (χ3v) is 14.4. The van der Waals surface area contributed by atoms with E-state index in [0.29, 0.717) is 54.7 Å². The highest BCUT2D eigenvalue weighted by Gasteiger charge is 2.30. The fourth-order valence-corrected chi connectivity index (χ4v) is 9.13. The van der Waals surface area contributed by atoms with E-state index in [2.05, 4.69) is 39.3 Å². The summed E-state index contributed by atoms with van der Waals surface area (Å²) in [6, 6.07) is 17.9. The van der Waals surface area contributed by atoms with Gasteiger partial charge in [0.05, 0.1) is 6.04 Å². The van der Waals surface area contributed by atoms with Gasteiger partial charge in [0.2, 0.25) is 17.7 Å². The van der Waals surface area contributed by atoms with Gasteiger partial charge in [-0.1, -0.05) is 130 Å². The molecule has 1 aliphatic heterocycles. The lowest BCUT2D eigenvalue weighted by molar-refractivity contribution is -0.134. The number of likely N-dealkylation sites (tertiary alicyclic amines) is 1. The van der Waals surface area contributed by atoms with Crippen LogP contribution in [-0.2, 0) is 44.4 Å². The average Bonchev–Trinajstić information content (AvgIpc) is 3.89. The quantitative estimate of drug-likeness (QED) is 0.0110. The smallest absolute Gasteiger partial charge is 0.454 e. The van der Waals surface area contributed by atoms with Crippen LogP contribution >= 0.6 is 0 Å². The Hall–Kier alpha value is -5.40. The van der Waals surface area contributed by atoms with Gasteiger partial charge in [0.1, 0.15) is 11.8 Å². The standard InChI is InChI=1S/C42H54FN5O7S.C8H15BNO2.C8H18BO/c1-4-8-39(49)34-18-12-31(13-19-34)26-45-38(25-30-16-22-36(23-17-30)55-56(43,53)54)42(52)48-37(11-5-6-24-44)41(51)46-27-32-14-20-35(21-15-32)40(50)47-29(3)28(2)33-9-7-10-33;1-6(2)8(11)10-5-3-4-7(10)9-12;1-3-4-5-6-7-8(2)9-10/h12-23,29,37-38,45H,4-11,24-27,44H2,1-3H3,(H,46,51)(H,47,50)(H,48,52);6-7,12H,3-5H2,1-2H3;8,10H,3-7H2,1-2H3. The maximum Gasteiger partial charge on any atom is 0.488 e. The largest absolute Gasteiger partial charge is 0.488 e. The summed E-state index contributed by atoms with van der Waals surface area (Å²) in [6.07, 6.45) is 14.5. The molecule has 3 aromatic carbocycles. The van der Waals surface area contributed by atoms with Gasteiger partial charge in [-0.05, 0) is 131 Å². The van der Waals surface area contributed by atoms with E-state index in [1.807, 2.05) is 46.8 Å². The van der Waals surface area contributed by atoms with Gasteiger partial charge in [0.25, 0.3) is 13.4 Å². The number of allylic oxidation sites excluding steroid dienone is 1. The third kappa shape index (κ3) is 24.7. The number of rotatable bonds is 30. The number of amides is 4. The Kier molecular flexibility index (Phi) is 30.8. The number of hydrogen-bond acceptors (Lipinski definition) is 12. The zero-order valence-corrected chi connectivity index (χ0v) is 48.0. The molecule has 5 rings (SSSR count). The van der Waals surface area contributed by atoms with Gasteiger partial charge < -0.3 is 46.1 Å². The van der Waals surface area contributed by atoms with Crippen molar-refractivity contribution in [2.45, 2.75) is 194 Å². The number of nitrogens with zero attached hydrogens (tertiary/aromatic N) is 1. The minimum atomic E-state index is -5.21. The number of Topliss-reactive ketones (excluding diaryl/α,β-unsaturated/α-hetero) is 1. The first kappa shape index (κ1) is 66.9. The first-order chi connectivity index (χ1) is 37.2. The van der Waals surface area contributed by atoms with Crippen LogP contribution < -0.4 is 31.2 Å². The fourth-order valence-electron chi connectivity index (χ4n) is 8.79. The summed E-state index contributed by atoms with van der Waals surface area (Å²) in [5.74, 6) is -0.663. The lowest BCUT2D eigenvalue weighted by atomic mass is 9.79. The van der Waals surface area contributed by atoms with Crippen LogP contribution in [0.3, 0.4) is 0 Å². The van der Waals surface area contributed by atoms with Crippen molar-refractivity contribution in [2.24, 2.45) is 11.7 Å². The van der Waals surface area contributed by atoms with Crippen molar-refractivity contribution in [1.29, 1.82) is 0 Å². The number of unbranched alkanes of at least 4 members (excludes halogenated alkanes) is 4. The zero-order chi connectivity index (χ0) is 57.6. The van der Waals surface area contributed by atoms with Gasteiger partial charge in [-0.15, -0.1) is 0 Å². The number of hydrogen-bond donors (Lipinski definition) is 7. The van der Waals surface area contributed by atoms with Crippen molar-refractivity contribution in [3.8, 4) is 5.75 Å². The summed E-state index contributed by atoms with van der Waals surface area (Å²) in [6.45, 7) is 15.7. The van der Waals surface area contributed by atoms with Crippen LogP contribution in [0.2, 0.25) is 5.82 Å². The predicted molar refractivity (Wildman–Crippen MR) is 307 cm³/mol. The van der Waals surface area contributed by atoms with Gasteiger partial charge in [0, 0.05) is 55.1 Å². The minimum Gasteiger partial charge on any atom is -0.454 e. The Balaban J connectivity index is 0.000000599. The second-order valence-corrected chi connectivity index (χ2v) is 21.7. The Bertz CT molecular complexity index is 2440. The number of nitrogens with two attached hydrogens (primary N) is 1. The van der Waals surface area contributed by atoms with E-state index in [-0.39, 0.29) is 66.7 Å². The first-order valence-corrected chi connectivity index (χ1v) is 29.2. The molecule has 0 spiro atoms. The molecule has 20 heteroatoms. The van der Waals surface area contributed by atoms with Crippen LogP contribution in [0, 0.1) is 5.92 Å². The molecule has 2 aliphatic rings. The second kappa shape index (κ2) is 36.0. The Morgan fingerprint density at radius 1 is 0.756 bits per heavy atom. The predicted octanol–water partition coefficient (Wildman–Crippen LogP) is 8.09. The van der Waals surface area contributed by atoms with Crippen LogP contribution in [0.1, 0.15) is 182 Å². The van der Waals surface area contributed by atoms with Gasteiger partial charge in [-0.25, -0.2) is 0 Å². The molecule has 5 atom stereocenters. The van der Waals surface area contributed by atoms with E-state index in [1.54, 1.807) is 41.3 Å². The monoisotopic (exact) mass is 1100 g/mol. The zero-order valence-electron chi connectivity index (χ0n) is 47.2. The van der Waals surface area contributed by atoms with Crippen LogP contribution in [0.4, 0.5) is 3.89 Å². The minimum absolute atomic E-state index is 0.0329. The molecular formula is C58H87B2FN6O10S. The van der Waals surface area contributed by atoms with Gasteiger partial charge >= 0.3 is 18.0 Å². The van der Waals surface area contributed by atoms with E-state index in [0.717, 1.165) is 63.7 Å². The van der Waals surface area contributed by atoms with Crippen molar-refractivity contribution >= 4 is 54.9 Å². The molecule has 1 heterocycles. The molecule has 428 valence electrons. The van der Waals surface area contributed by atoms with Crippen molar-refractivity contribution in [3.63, 3.8) is 0 Å². The van der Waals surface area contributed by atoms with Crippen molar-refractivity contribution < 1.29 is 50.5 Å². The molecule has 16 nitrogen and oxygen atoms in total. The van der Waals surface area contributed by atoms with Crippen molar-refractivity contribution in [1.82, 2.24) is 26.2 Å². The first-order valence-electron chi connectivity index (χ1n) is 27.9. The fraction of sp³-hybridized carbons (Fsp3) is 0.569. The van der Waals surface area contributed by atoms with E-state index in [9.17, 15) is 36.3 Å². The summed E-state index contributed by atoms with van der Waals surface area (Å²) in [7, 11) is -2.78. The molecule has 5 unspecified atom stereocenters. The normalized spacial score (nSPS) is 15.4. The molecule has 0 bridgehead atoms. The highest BCUT2D eigenvalue weighted by Crippen LogP contribution is 2.30. The molecule has 1 saturated carbocycles. The number of nitrogens with one attached hydrogen (secondary N) is 4. The maximum atomic E-state index is 13.9. The molecule has 1 aliphatic carbocycles. The van der Waals surface area contributed by atoms with E-state index in [4.69, 9.17) is 15.8 Å². The van der Waals surface area contributed by atoms with Crippen LogP contribution in [-0.4, -0.2) is 105 Å². The molecule has 0 aromatic heterocycles. The van der Waals surface area contributed by atoms with Crippen LogP contribution in [0.15, 0.2) is 83.9 Å². The average molecular weight is 1100 g/mol. The van der Waals surface area contributed by atoms with Crippen LogP contribution in [0.5, 0.6) is 5.75 Å². The van der Waals surface area contributed by atoms with Crippen LogP contribution in [0.25, 0.3) is 0 Å². The number of halogens is 1. The summed E-state index contributed by atoms with van der Waals surface area (Å²) in [5, 5.41) is 29.6. The number of benzene rings is 3. The summed E-state index contributed by atoms with van der Waals surface area (Å²) >= 11 is 0.